The molecule has 1 aromatic carbocycles. The Kier molecular flexibility index (Phi) is 8.74. The largest absolute Gasteiger partial charge is 0.369 e. The highest BCUT2D eigenvalue weighted by molar-refractivity contribution is 5.85. The molecule has 1 saturated carbocycles. The Labute approximate surface area is 151 Å². The van der Waals surface area contributed by atoms with Crippen molar-refractivity contribution in [2.75, 3.05) is 31.1 Å². The number of rotatable bonds is 6. The minimum absolute atomic E-state index is 0. The van der Waals surface area contributed by atoms with Crippen molar-refractivity contribution < 1.29 is 4.79 Å². The van der Waals surface area contributed by atoms with E-state index in [9.17, 15) is 4.79 Å². The van der Waals surface area contributed by atoms with Crippen LogP contribution >= 0.6 is 24.8 Å². The number of nitrogens with one attached hydrogen (secondary N) is 2. The number of amides is 1. The summed E-state index contributed by atoms with van der Waals surface area (Å²) in [6, 6.07) is 10.7. The van der Waals surface area contributed by atoms with Gasteiger partial charge < -0.3 is 15.5 Å². The molecule has 1 aromatic rings. The molecule has 0 bridgehead atoms. The smallest absolute Gasteiger partial charge is 0.234 e. The zero-order valence-corrected chi connectivity index (χ0v) is 15.0. The van der Waals surface area contributed by atoms with Gasteiger partial charge in [0.25, 0.3) is 0 Å². The maximum Gasteiger partial charge on any atom is 0.234 e. The molecular formula is C17H27Cl2N3O. The Hall–Kier alpha value is -0.970. The predicted octanol–water partition coefficient (Wildman–Crippen LogP) is 2.61. The molecule has 0 radical (unpaired) electrons. The lowest BCUT2D eigenvalue weighted by molar-refractivity contribution is -0.121. The van der Waals surface area contributed by atoms with Crippen LogP contribution in [0, 0.1) is 5.92 Å². The first-order valence-electron chi connectivity index (χ1n) is 8.11. The van der Waals surface area contributed by atoms with Gasteiger partial charge in [0, 0.05) is 24.8 Å². The van der Waals surface area contributed by atoms with E-state index in [2.05, 4.69) is 39.8 Å². The number of carbonyl (C=O) groups is 1. The lowest BCUT2D eigenvalue weighted by Crippen LogP contribution is -2.49. The first-order chi connectivity index (χ1) is 10.3. The van der Waals surface area contributed by atoms with E-state index >= 15 is 0 Å². The van der Waals surface area contributed by atoms with E-state index in [-0.39, 0.29) is 36.8 Å². The molecule has 1 unspecified atom stereocenters. The average molecular weight is 360 g/mol. The van der Waals surface area contributed by atoms with Gasteiger partial charge in [0.05, 0.1) is 6.54 Å². The van der Waals surface area contributed by atoms with Crippen molar-refractivity contribution in [3.8, 4) is 0 Å². The Morgan fingerprint density at radius 2 is 1.87 bits per heavy atom. The molecule has 1 aliphatic heterocycles. The third kappa shape index (κ3) is 6.58. The minimum Gasteiger partial charge on any atom is -0.369 e. The summed E-state index contributed by atoms with van der Waals surface area (Å²) in [5, 5.41) is 6.42. The summed E-state index contributed by atoms with van der Waals surface area (Å²) >= 11 is 0. The van der Waals surface area contributed by atoms with Gasteiger partial charge in [-0.05, 0) is 50.3 Å². The van der Waals surface area contributed by atoms with Crippen LogP contribution in [-0.2, 0) is 4.79 Å². The van der Waals surface area contributed by atoms with E-state index < -0.39 is 0 Å². The fourth-order valence-electron chi connectivity index (χ4n) is 2.96. The minimum atomic E-state index is 0. The molecule has 1 heterocycles. The number of halogens is 2. The van der Waals surface area contributed by atoms with Crippen molar-refractivity contribution in [3.05, 3.63) is 30.3 Å². The van der Waals surface area contributed by atoms with E-state index in [1.807, 2.05) is 6.07 Å². The summed E-state index contributed by atoms with van der Waals surface area (Å²) in [6.07, 6.45) is 4.86. The SMILES string of the molecule is Cl.Cl.O=C(CNCC1CC1)NC1CCCN(c2ccccc2)C1. The lowest BCUT2D eigenvalue weighted by Gasteiger charge is -2.34. The van der Waals surface area contributed by atoms with Crippen molar-refractivity contribution >= 4 is 36.4 Å². The maximum absolute atomic E-state index is 12.0. The zero-order valence-electron chi connectivity index (χ0n) is 13.4. The number of anilines is 1. The van der Waals surface area contributed by atoms with Crippen molar-refractivity contribution in [1.29, 1.82) is 0 Å². The van der Waals surface area contributed by atoms with Gasteiger partial charge in [-0.2, -0.15) is 0 Å². The second kappa shape index (κ2) is 10.0. The summed E-state index contributed by atoms with van der Waals surface area (Å²) in [6.45, 7) is 3.45. The van der Waals surface area contributed by atoms with Gasteiger partial charge >= 0.3 is 0 Å². The first-order valence-corrected chi connectivity index (χ1v) is 8.11. The maximum atomic E-state index is 12.0. The summed E-state index contributed by atoms with van der Waals surface area (Å²) in [5.74, 6) is 0.955. The number of hydrogen-bond acceptors (Lipinski definition) is 3. The van der Waals surface area contributed by atoms with Crippen LogP contribution in [0.4, 0.5) is 5.69 Å². The molecule has 2 N–H and O–H groups in total. The normalized spacial score (nSPS) is 20.2. The molecule has 1 aliphatic carbocycles. The summed E-state index contributed by atoms with van der Waals surface area (Å²) in [4.78, 5) is 14.3. The van der Waals surface area contributed by atoms with Crippen molar-refractivity contribution in [2.24, 2.45) is 5.92 Å². The van der Waals surface area contributed by atoms with Gasteiger partial charge in [-0.1, -0.05) is 18.2 Å². The van der Waals surface area contributed by atoms with Crippen LogP contribution in [0.15, 0.2) is 30.3 Å². The van der Waals surface area contributed by atoms with Gasteiger partial charge in [0.1, 0.15) is 0 Å². The Balaban J connectivity index is 0.00000132. The molecule has 0 aromatic heterocycles. The highest BCUT2D eigenvalue weighted by Gasteiger charge is 2.23. The second-order valence-electron chi connectivity index (χ2n) is 6.26. The zero-order chi connectivity index (χ0) is 14.5. The van der Waals surface area contributed by atoms with Crippen molar-refractivity contribution in [1.82, 2.24) is 10.6 Å². The topological polar surface area (TPSA) is 44.4 Å². The molecule has 1 saturated heterocycles. The Morgan fingerprint density at radius 1 is 1.13 bits per heavy atom. The molecular weight excluding hydrogens is 333 g/mol. The number of hydrogen-bond donors (Lipinski definition) is 2. The summed E-state index contributed by atoms with van der Waals surface area (Å²) in [5.41, 5.74) is 1.25. The van der Waals surface area contributed by atoms with Gasteiger partial charge in [0.15, 0.2) is 0 Å². The van der Waals surface area contributed by atoms with Crippen LogP contribution < -0.4 is 15.5 Å². The van der Waals surface area contributed by atoms with Gasteiger partial charge in [0.2, 0.25) is 5.91 Å². The molecule has 0 spiro atoms. The quantitative estimate of drug-likeness (QED) is 0.820. The Morgan fingerprint density at radius 3 is 2.57 bits per heavy atom. The number of nitrogens with zero attached hydrogens (tertiary/aromatic N) is 1. The molecule has 130 valence electrons. The predicted molar refractivity (Wildman–Crippen MR) is 99.9 cm³/mol. The average Bonchev–Trinajstić information content (AvgIpc) is 3.33. The van der Waals surface area contributed by atoms with E-state index in [0.29, 0.717) is 6.54 Å². The molecule has 3 rings (SSSR count). The van der Waals surface area contributed by atoms with Crippen LogP contribution in [0.1, 0.15) is 25.7 Å². The van der Waals surface area contributed by atoms with Crippen molar-refractivity contribution in [2.45, 2.75) is 31.7 Å². The fraction of sp³-hybridized carbons (Fsp3) is 0.588. The van der Waals surface area contributed by atoms with Gasteiger partial charge in [-0.25, -0.2) is 0 Å². The lowest BCUT2D eigenvalue weighted by atomic mass is 10.0. The monoisotopic (exact) mass is 359 g/mol. The van der Waals surface area contributed by atoms with Crippen LogP contribution in [-0.4, -0.2) is 38.1 Å². The second-order valence-corrected chi connectivity index (χ2v) is 6.26. The van der Waals surface area contributed by atoms with E-state index in [4.69, 9.17) is 0 Å². The van der Waals surface area contributed by atoms with E-state index in [1.165, 1.54) is 18.5 Å². The summed E-state index contributed by atoms with van der Waals surface area (Å²) in [7, 11) is 0. The first kappa shape index (κ1) is 20.1. The molecule has 2 aliphatic rings. The standard InChI is InChI=1S/C17H25N3O.2ClH/c21-17(12-18-11-14-8-9-14)19-15-5-4-10-20(13-15)16-6-2-1-3-7-16;;/h1-3,6-7,14-15,18H,4-5,8-13H2,(H,19,21);2*1H. The van der Waals surface area contributed by atoms with Gasteiger partial charge in [-0.3, -0.25) is 4.79 Å². The number of carbonyl (C=O) groups excluding carboxylic acids is 1. The molecule has 1 amide bonds. The number of piperidine rings is 1. The molecule has 2 fully saturated rings. The molecule has 6 heteroatoms. The number of para-hydroxylation sites is 1. The fourth-order valence-corrected chi connectivity index (χ4v) is 2.96. The molecule has 1 atom stereocenters. The van der Waals surface area contributed by atoms with Crippen molar-refractivity contribution in [3.63, 3.8) is 0 Å². The third-order valence-corrected chi connectivity index (χ3v) is 4.32. The third-order valence-electron chi connectivity index (χ3n) is 4.32. The Bertz CT molecular complexity index is 468. The van der Waals surface area contributed by atoms with Gasteiger partial charge in [-0.15, -0.1) is 24.8 Å². The summed E-state index contributed by atoms with van der Waals surface area (Å²) < 4.78 is 0. The number of benzene rings is 1. The van der Waals surface area contributed by atoms with E-state index in [1.54, 1.807) is 0 Å². The molecule has 4 nitrogen and oxygen atoms in total. The van der Waals surface area contributed by atoms with E-state index in [0.717, 1.165) is 38.4 Å². The highest BCUT2D eigenvalue weighted by Crippen LogP contribution is 2.27. The highest BCUT2D eigenvalue weighted by atomic mass is 35.5. The molecule has 23 heavy (non-hydrogen) atoms. The van der Waals surface area contributed by atoms with Crippen LogP contribution in [0.2, 0.25) is 0 Å². The van der Waals surface area contributed by atoms with Crippen LogP contribution in [0.3, 0.4) is 0 Å². The van der Waals surface area contributed by atoms with Crippen LogP contribution in [0.5, 0.6) is 0 Å². The van der Waals surface area contributed by atoms with Crippen LogP contribution in [0.25, 0.3) is 0 Å².